The van der Waals surface area contributed by atoms with Crippen LogP contribution in [-0.2, 0) is 9.53 Å². The zero-order valence-electron chi connectivity index (χ0n) is 8.84. The van der Waals surface area contributed by atoms with Gasteiger partial charge in [-0.05, 0) is 22.0 Å². The van der Waals surface area contributed by atoms with Gasteiger partial charge >= 0.3 is 5.97 Å². The van der Waals surface area contributed by atoms with Crippen molar-refractivity contribution in [3.05, 3.63) is 27.7 Å². The van der Waals surface area contributed by atoms with Crippen LogP contribution in [0.15, 0.2) is 10.5 Å². The molecule has 0 unspecified atom stereocenters. The van der Waals surface area contributed by atoms with Gasteiger partial charge in [0.05, 0.1) is 23.6 Å². The van der Waals surface area contributed by atoms with Gasteiger partial charge in [0.15, 0.2) is 11.6 Å². The summed E-state index contributed by atoms with van der Waals surface area (Å²) in [5.74, 6) is -3.65. The van der Waals surface area contributed by atoms with Crippen LogP contribution < -0.4 is 5.73 Å². The number of halogens is 3. The quantitative estimate of drug-likeness (QED) is 0.661. The molecule has 0 saturated heterocycles. The summed E-state index contributed by atoms with van der Waals surface area (Å²) in [7, 11) is 1.15. The Morgan fingerprint density at radius 3 is 2.76 bits per heavy atom. The third-order valence-electron chi connectivity index (χ3n) is 2.17. The highest BCUT2D eigenvalue weighted by molar-refractivity contribution is 9.10. The summed E-state index contributed by atoms with van der Waals surface area (Å²) in [4.78, 5) is 11.0. The van der Waals surface area contributed by atoms with Crippen molar-refractivity contribution in [2.24, 2.45) is 5.73 Å². The molecule has 1 rings (SSSR count). The number of ether oxygens (including phenoxy) is 1. The van der Waals surface area contributed by atoms with Crippen LogP contribution in [0.2, 0.25) is 0 Å². The number of methoxy groups -OCH3 is 1. The van der Waals surface area contributed by atoms with Gasteiger partial charge in [0, 0.05) is 6.04 Å². The first kappa shape index (κ1) is 13.9. The van der Waals surface area contributed by atoms with Crippen molar-refractivity contribution in [2.45, 2.75) is 12.5 Å². The molecule has 3 N–H and O–H groups in total. The van der Waals surface area contributed by atoms with Crippen LogP contribution in [0.1, 0.15) is 18.0 Å². The van der Waals surface area contributed by atoms with Crippen molar-refractivity contribution in [3.8, 4) is 5.75 Å². The molecule has 0 aliphatic rings. The van der Waals surface area contributed by atoms with Crippen molar-refractivity contribution in [1.82, 2.24) is 0 Å². The van der Waals surface area contributed by atoms with E-state index in [1.54, 1.807) is 0 Å². The topological polar surface area (TPSA) is 72.5 Å². The number of nitrogens with two attached hydrogens (primary N) is 1. The molecule has 0 fully saturated rings. The number of benzene rings is 1. The zero-order chi connectivity index (χ0) is 13.2. The Labute approximate surface area is 104 Å². The number of carbonyl (C=O) groups is 1. The molecule has 0 aromatic heterocycles. The van der Waals surface area contributed by atoms with E-state index in [4.69, 9.17) is 5.73 Å². The molecular weight excluding hydrogens is 300 g/mol. The molecule has 0 spiro atoms. The average Bonchev–Trinajstić information content (AvgIpc) is 2.26. The van der Waals surface area contributed by atoms with Crippen LogP contribution in [0.5, 0.6) is 5.75 Å². The Bertz CT molecular complexity index is 427. The molecule has 94 valence electrons. The standard InChI is InChI=1S/C10H10BrF2NO3/c1-17-7(15)3-6(14)8-9(13)5(12)2-4(11)10(8)16/h2,6,16H,3,14H2,1H3/t6-/m0/s1. The van der Waals surface area contributed by atoms with E-state index in [0.29, 0.717) is 0 Å². The third-order valence-corrected chi connectivity index (χ3v) is 2.77. The normalized spacial score (nSPS) is 12.3. The molecule has 0 radical (unpaired) electrons. The molecule has 1 atom stereocenters. The number of rotatable bonds is 3. The Morgan fingerprint density at radius 2 is 2.24 bits per heavy atom. The summed E-state index contributed by atoms with van der Waals surface area (Å²) >= 11 is 2.85. The lowest BCUT2D eigenvalue weighted by molar-refractivity contribution is -0.141. The van der Waals surface area contributed by atoms with Gasteiger partial charge in [0.2, 0.25) is 0 Å². The molecule has 1 aromatic carbocycles. The maximum absolute atomic E-state index is 13.5. The van der Waals surface area contributed by atoms with Gasteiger partial charge in [-0.2, -0.15) is 0 Å². The largest absolute Gasteiger partial charge is 0.506 e. The molecule has 0 aliphatic carbocycles. The smallest absolute Gasteiger partial charge is 0.307 e. The zero-order valence-corrected chi connectivity index (χ0v) is 10.4. The fourth-order valence-corrected chi connectivity index (χ4v) is 1.72. The van der Waals surface area contributed by atoms with Gasteiger partial charge in [0.1, 0.15) is 5.75 Å². The van der Waals surface area contributed by atoms with E-state index < -0.39 is 35.0 Å². The molecule has 17 heavy (non-hydrogen) atoms. The van der Waals surface area contributed by atoms with E-state index in [-0.39, 0.29) is 10.9 Å². The van der Waals surface area contributed by atoms with Gasteiger partial charge in [-0.15, -0.1) is 0 Å². The van der Waals surface area contributed by atoms with E-state index in [2.05, 4.69) is 20.7 Å². The van der Waals surface area contributed by atoms with Gasteiger partial charge in [-0.3, -0.25) is 4.79 Å². The number of phenols is 1. The van der Waals surface area contributed by atoms with Crippen LogP contribution in [0.25, 0.3) is 0 Å². The fraction of sp³-hybridized carbons (Fsp3) is 0.300. The van der Waals surface area contributed by atoms with Crippen molar-refractivity contribution >= 4 is 21.9 Å². The molecule has 0 bridgehead atoms. The number of hydrogen-bond donors (Lipinski definition) is 2. The minimum absolute atomic E-state index is 0.0354. The molecule has 0 saturated carbocycles. The fourth-order valence-electron chi connectivity index (χ4n) is 1.31. The van der Waals surface area contributed by atoms with Crippen molar-refractivity contribution in [3.63, 3.8) is 0 Å². The minimum atomic E-state index is -1.28. The molecule has 4 nitrogen and oxygen atoms in total. The highest BCUT2D eigenvalue weighted by Gasteiger charge is 2.24. The molecule has 7 heteroatoms. The number of esters is 1. The number of carbonyl (C=O) groups excluding carboxylic acids is 1. The lowest BCUT2D eigenvalue weighted by Crippen LogP contribution is -2.18. The second-order valence-corrected chi connectivity index (χ2v) is 4.16. The van der Waals surface area contributed by atoms with E-state index in [1.807, 2.05) is 0 Å². The average molecular weight is 310 g/mol. The highest BCUT2D eigenvalue weighted by Crippen LogP contribution is 2.35. The second kappa shape index (κ2) is 5.42. The van der Waals surface area contributed by atoms with Gasteiger partial charge in [-0.25, -0.2) is 8.78 Å². The van der Waals surface area contributed by atoms with E-state index >= 15 is 0 Å². The first-order chi connectivity index (χ1) is 7.88. The van der Waals surface area contributed by atoms with E-state index in [1.165, 1.54) is 0 Å². The molecule has 0 aliphatic heterocycles. The maximum atomic E-state index is 13.5. The predicted molar refractivity (Wildman–Crippen MR) is 59.3 cm³/mol. The van der Waals surface area contributed by atoms with Crippen molar-refractivity contribution < 1.29 is 23.4 Å². The number of phenolic OH excluding ortho intramolecular Hbond substituents is 1. The Kier molecular flexibility index (Phi) is 4.41. The van der Waals surface area contributed by atoms with Crippen LogP contribution in [0.4, 0.5) is 8.78 Å². The van der Waals surface area contributed by atoms with Gasteiger partial charge in [0.25, 0.3) is 0 Å². The lowest BCUT2D eigenvalue weighted by Gasteiger charge is -2.14. The summed E-state index contributed by atoms with van der Waals surface area (Å²) < 4.78 is 30.9. The summed E-state index contributed by atoms with van der Waals surface area (Å²) in [6, 6.07) is -0.409. The summed E-state index contributed by atoms with van der Waals surface area (Å²) in [6.45, 7) is 0. The lowest BCUT2D eigenvalue weighted by atomic mass is 10.0. The van der Waals surface area contributed by atoms with E-state index in [9.17, 15) is 18.7 Å². The van der Waals surface area contributed by atoms with Gasteiger partial charge in [-0.1, -0.05) is 0 Å². The third kappa shape index (κ3) is 2.92. The summed E-state index contributed by atoms with van der Waals surface area (Å²) in [6.07, 6.45) is -0.364. The van der Waals surface area contributed by atoms with Crippen molar-refractivity contribution in [1.29, 1.82) is 0 Å². The molecular formula is C10H10BrF2NO3. The molecule has 0 amide bonds. The number of aromatic hydroxyl groups is 1. The number of hydrogen-bond acceptors (Lipinski definition) is 4. The summed E-state index contributed by atoms with van der Waals surface area (Å²) in [5.41, 5.74) is 5.07. The second-order valence-electron chi connectivity index (χ2n) is 3.30. The van der Waals surface area contributed by atoms with Crippen LogP contribution >= 0.6 is 15.9 Å². The Hall–Kier alpha value is -1.21. The first-order valence-electron chi connectivity index (χ1n) is 4.57. The summed E-state index contributed by atoms with van der Waals surface area (Å²) in [5, 5.41) is 9.57. The van der Waals surface area contributed by atoms with Crippen LogP contribution in [0.3, 0.4) is 0 Å². The minimum Gasteiger partial charge on any atom is -0.506 e. The Balaban J connectivity index is 3.16. The van der Waals surface area contributed by atoms with E-state index in [0.717, 1.165) is 13.2 Å². The van der Waals surface area contributed by atoms with Crippen molar-refractivity contribution in [2.75, 3.05) is 7.11 Å². The molecule has 1 aromatic rings. The van der Waals surface area contributed by atoms with Crippen LogP contribution in [0, 0.1) is 11.6 Å². The Morgan fingerprint density at radius 1 is 1.65 bits per heavy atom. The SMILES string of the molecule is COC(=O)C[C@H](N)c1c(O)c(Br)cc(F)c1F. The first-order valence-corrected chi connectivity index (χ1v) is 5.36. The monoisotopic (exact) mass is 309 g/mol. The maximum Gasteiger partial charge on any atom is 0.307 e. The highest BCUT2D eigenvalue weighted by atomic mass is 79.9. The van der Waals surface area contributed by atoms with Gasteiger partial charge < -0.3 is 15.6 Å². The van der Waals surface area contributed by atoms with Crippen LogP contribution in [-0.4, -0.2) is 18.2 Å². The predicted octanol–water partition coefficient (Wildman–Crippen LogP) is 2.00. The molecule has 0 heterocycles.